The average molecular weight is 643 g/mol. The number of carbonyl (C=O) groups excluding carboxylic acids is 2. The van der Waals surface area contributed by atoms with Gasteiger partial charge in [0.15, 0.2) is 0 Å². The van der Waals surface area contributed by atoms with Gasteiger partial charge in [0.25, 0.3) is 11.0 Å². The lowest BCUT2D eigenvalue weighted by atomic mass is 9.92. The number of anilines is 2. The van der Waals surface area contributed by atoms with Crippen LogP contribution in [0.1, 0.15) is 53.8 Å². The Bertz CT molecular complexity index is 1470. The van der Waals surface area contributed by atoms with Gasteiger partial charge in [-0.15, -0.1) is 10.1 Å². The van der Waals surface area contributed by atoms with Gasteiger partial charge in [0.05, 0.1) is 38.3 Å². The maximum absolute atomic E-state index is 13.3. The summed E-state index contributed by atoms with van der Waals surface area (Å²) < 4.78 is 10.4. The zero-order chi connectivity index (χ0) is 32.2. The van der Waals surface area contributed by atoms with Crippen molar-refractivity contribution in [3.8, 4) is 5.75 Å². The van der Waals surface area contributed by atoms with Crippen LogP contribution in [0.25, 0.3) is 0 Å². The van der Waals surface area contributed by atoms with Crippen LogP contribution in [-0.2, 0) is 27.5 Å². The SMILES string of the molecule is COC(=O)C(CCCCO[N+](=O)[O-])[C@@H]1CCCN1c1ncc(C(=O)NCc2ncccn2)c(NCc2ccc(OC)c(Cl)c2)n1. The zero-order valence-corrected chi connectivity index (χ0v) is 25.7. The van der Waals surface area contributed by atoms with Crippen LogP contribution < -0.4 is 20.3 Å². The Morgan fingerprint density at radius 1 is 1.18 bits per heavy atom. The highest BCUT2D eigenvalue weighted by atomic mass is 35.5. The van der Waals surface area contributed by atoms with E-state index >= 15 is 0 Å². The van der Waals surface area contributed by atoms with E-state index in [1.807, 2.05) is 11.0 Å². The summed E-state index contributed by atoms with van der Waals surface area (Å²) in [6.45, 7) is 0.944. The van der Waals surface area contributed by atoms with Crippen LogP contribution >= 0.6 is 11.6 Å². The highest BCUT2D eigenvalue weighted by Gasteiger charge is 2.38. The first-order valence-electron chi connectivity index (χ1n) is 14.4. The van der Waals surface area contributed by atoms with Gasteiger partial charge in [-0.05, 0) is 49.4 Å². The molecule has 16 heteroatoms. The monoisotopic (exact) mass is 642 g/mol. The first-order valence-corrected chi connectivity index (χ1v) is 14.8. The van der Waals surface area contributed by atoms with Crippen molar-refractivity contribution >= 4 is 35.2 Å². The van der Waals surface area contributed by atoms with Gasteiger partial charge >= 0.3 is 5.97 Å². The van der Waals surface area contributed by atoms with Crippen LogP contribution in [0.15, 0.2) is 42.9 Å². The van der Waals surface area contributed by atoms with E-state index in [4.69, 9.17) is 26.1 Å². The molecule has 3 aromatic rings. The number of hydrogen-bond donors (Lipinski definition) is 2. The third kappa shape index (κ3) is 9.11. The second-order valence-electron chi connectivity index (χ2n) is 10.2. The predicted octanol–water partition coefficient (Wildman–Crippen LogP) is 3.61. The third-order valence-corrected chi connectivity index (χ3v) is 7.65. The molecule has 2 N–H and O–H groups in total. The fourth-order valence-electron chi connectivity index (χ4n) is 5.18. The summed E-state index contributed by atoms with van der Waals surface area (Å²) >= 11 is 6.32. The first kappa shape index (κ1) is 33.1. The molecule has 0 spiro atoms. The Morgan fingerprint density at radius 2 is 1.98 bits per heavy atom. The van der Waals surface area contributed by atoms with E-state index in [0.717, 1.165) is 12.0 Å². The molecule has 4 rings (SSSR count). The number of rotatable bonds is 16. The number of unbranched alkanes of at least 4 members (excludes halogenated alkanes) is 1. The van der Waals surface area contributed by atoms with Crippen molar-refractivity contribution in [2.45, 2.75) is 51.2 Å². The minimum Gasteiger partial charge on any atom is -0.495 e. The van der Waals surface area contributed by atoms with Crippen molar-refractivity contribution in [3.05, 3.63) is 74.9 Å². The number of amides is 1. The molecule has 0 saturated carbocycles. The molecule has 0 aliphatic carbocycles. The molecule has 2 atom stereocenters. The van der Waals surface area contributed by atoms with Crippen molar-refractivity contribution in [1.29, 1.82) is 0 Å². The summed E-state index contributed by atoms with van der Waals surface area (Å²) in [5.74, 6) is 0.311. The van der Waals surface area contributed by atoms with Crippen molar-refractivity contribution < 1.29 is 29.0 Å². The fraction of sp³-hybridized carbons (Fsp3) is 0.448. The van der Waals surface area contributed by atoms with Gasteiger partial charge in [0.1, 0.15) is 23.0 Å². The average Bonchev–Trinajstić information content (AvgIpc) is 3.54. The summed E-state index contributed by atoms with van der Waals surface area (Å²) in [5, 5.41) is 16.1. The quantitative estimate of drug-likeness (QED) is 0.100. The number of carbonyl (C=O) groups is 2. The molecule has 15 nitrogen and oxygen atoms in total. The molecule has 1 saturated heterocycles. The summed E-state index contributed by atoms with van der Waals surface area (Å²) in [5.41, 5.74) is 1.04. The predicted molar refractivity (Wildman–Crippen MR) is 163 cm³/mol. The second-order valence-corrected chi connectivity index (χ2v) is 10.6. The molecule has 0 bridgehead atoms. The maximum Gasteiger partial charge on any atom is 0.310 e. The second kappa shape index (κ2) is 16.3. The Labute approximate surface area is 264 Å². The minimum absolute atomic E-state index is 0.0489. The number of ether oxygens (including phenoxy) is 2. The molecule has 1 fully saturated rings. The molecule has 1 amide bonds. The van der Waals surface area contributed by atoms with Gasteiger partial charge in [-0.25, -0.2) is 15.0 Å². The van der Waals surface area contributed by atoms with Crippen LogP contribution in [0.4, 0.5) is 11.8 Å². The number of methoxy groups -OCH3 is 2. The van der Waals surface area contributed by atoms with Gasteiger partial charge in [0.2, 0.25) is 5.95 Å². The van der Waals surface area contributed by atoms with E-state index < -0.39 is 16.9 Å². The van der Waals surface area contributed by atoms with Crippen LogP contribution in [0.5, 0.6) is 5.75 Å². The van der Waals surface area contributed by atoms with Gasteiger partial charge in [0, 0.05) is 37.7 Å². The van der Waals surface area contributed by atoms with Crippen molar-refractivity contribution in [1.82, 2.24) is 25.3 Å². The molecule has 1 aliphatic heterocycles. The molecule has 240 valence electrons. The number of nitrogens with one attached hydrogen (secondary N) is 2. The number of esters is 1. The van der Waals surface area contributed by atoms with Crippen molar-refractivity contribution in [2.24, 2.45) is 5.92 Å². The van der Waals surface area contributed by atoms with E-state index in [-0.39, 0.29) is 36.5 Å². The minimum atomic E-state index is -0.831. The lowest BCUT2D eigenvalue weighted by Gasteiger charge is -2.30. The van der Waals surface area contributed by atoms with Crippen LogP contribution in [0, 0.1) is 16.0 Å². The Morgan fingerprint density at radius 3 is 2.69 bits per heavy atom. The topological polar surface area (TPSA) is 184 Å². The Kier molecular flexibility index (Phi) is 12.0. The van der Waals surface area contributed by atoms with E-state index in [0.29, 0.717) is 61.3 Å². The number of halogens is 1. The lowest BCUT2D eigenvalue weighted by Crippen LogP contribution is -2.41. The number of nitrogens with zero attached hydrogens (tertiary/aromatic N) is 6. The summed E-state index contributed by atoms with van der Waals surface area (Å²) in [4.78, 5) is 60.5. The van der Waals surface area contributed by atoms with E-state index in [1.54, 1.807) is 30.6 Å². The molecular formula is C29H35ClN8O7. The zero-order valence-electron chi connectivity index (χ0n) is 25.0. The highest BCUT2D eigenvalue weighted by Crippen LogP contribution is 2.32. The molecule has 3 heterocycles. The van der Waals surface area contributed by atoms with Crippen LogP contribution in [-0.4, -0.2) is 70.3 Å². The lowest BCUT2D eigenvalue weighted by molar-refractivity contribution is -0.757. The van der Waals surface area contributed by atoms with Gasteiger partial charge in [-0.1, -0.05) is 24.1 Å². The normalized spacial score (nSPS) is 14.8. The molecule has 0 radical (unpaired) electrons. The molecular weight excluding hydrogens is 608 g/mol. The van der Waals surface area contributed by atoms with E-state index in [2.05, 4.69) is 30.4 Å². The summed E-state index contributed by atoms with van der Waals surface area (Å²) in [6, 6.07) is 6.78. The van der Waals surface area contributed by atoms with Gasteiger partial charge in [-0.2, -0.15) is 4.98 Å². The molecule has 1 aromatic carbocycles. The van der Waals surface area contributed by atoms with Crippen LogP contribution in [0.3, 0.4) is 0 Å². The van der Waals surface area contributed by atoms with Crippen LogP contribution in [0.2, 0.25) is 5.02 Å². The summed E-state index contributed by atoms with van der Waals surface area (Å²) in [6.07, 6.45) is 7.50. The standard InChI is InChI=1S/C29H35ClN8O7/c1-43-24-10-9-19(15-22(24)30)16-33-26-21(27(39)34-18-25-31-11-6-12-32-25)17-35-29(36-26)37-13-5-8-23(37)20(28(40)44-2)7-3-4-14-45-38(41)42/h6,9-12,15,17,20,23H,3-5,7-8,13-14,16,18H2,1-2H3,(H,34,39)(H,33,35,36)/t20?,23-/m0/s1. The van der Waals surface area contributed by atoms with E-state index in [1.165, 1.54) is 20.4 Å². The van der Waals surface area contributed by atoms with E-state index in [9.17, 15) is 19.7 Å². The largest absolute Gasteiger partial charge is 0.495 e. The van der Waals surface area contributed by atoms with Crippen molar-refractivity contribution in [2.75, 3.05) is 37.6 Å². The van der Waals surface area contributed by atoms with Gasteiger partial charge in [-0.3, -0.25) is 9.59 Å². The first-order chi connectivity index (χ1) is 21.8. The number of aromatic nitrogens is 4. The molecule has 45 heavy (non-hydrogen) atoms. The smallest absolute Gasteiger partial charge is 0.310 e. The van der Waals surface area contributed by atoms with Gasteiger partial charge < -0.3 is 29.8 Å². The van der Waals surface area contributed by atoms with Crippen molar-refractivity contribution in [3.63, 3.8) is 0 Å². The number of benzene rings is 1. The molecule has 2 aromatic heterocycles. The maximum atomic E-state index is 13.3. The third-order valence-electron chi connectivity index (χ3n) is 7.35. The fourth-order valence-corrected chi connectivity index (χ4v) is 5.46. The number of hydrogen-bond acceptors (Lipinski definition) is 13. The highest BCUT2D eigenvalue weighted by molar-refractivity contribution is 6.32. The molecule has 1 aliphatic rings. The Balaban J connectivity index is 1.56. The Hall–Kier alpha value is -4.79. The summed E-state index contributed by atoms with van der Waals surface area (Å²) in [7, 11) is 2.87. The molecule has 1 unspecified atom stereocenters.